The molecule has 0 atom stereocenters. The number of aliphatic carboxylic acids is 4. The molecule has 0 aromatic heterocycles. The zero-order valence-corrected chi connectivity index (χ0v) is 29.0. The summed E-state index contributed by atoms with van der Waals surface area (Å²) in [5.74, 6) is -0.980. The average molecular weight is 621 g/mol. The number of hydrogen-bond acceptors (Lipinski definition) is 8. The maximum Gasteiger partial charge on any atom is 4.00 e. The average Bonchev–Trinajstić information content (AvgIpc) is 2.80. The van der Waals surface area contributed by atoms with Crippen LogP contribution in [-0.4, -0.2) is 23.9 Å². The normalized spacial score (nSPS) is 10.0. The molecule has 0 radical (unpaired) electrons. The summed E-state index contributed by atoms with van der Waals surface area (Å²) in [6, 6.07) is 0. The molecule has 0 heterocycles. The summed E-state index contributed by atoms with van der Waals surface area (Å²) in [5, 5.41) is 39.7. The molecule has 0 rings (SSSR count). The fourth-order valence-electron chi connectivity index (χ4n) is 3.29. The van der Waals surface area contributed by atoms with Crippen LogP contribution >= 0.6 is 0 Å². The molecular formula is C32H60O8Ti. The van der Waals surface area contributed by atoms with Gasteiger partial charge in [-0.3, -0.25) is 0 Å². The molecule has 0 bridgehead atoms. The van der Waals surface area contributed by atoms with E-state index in [2.05, 4.69) is 55.4 Å². The molecule has 0 saturated carbocycles. The quantitative estimate of drug-likeness (QED) is 0.147. The number of hydrogen-bond donors (Lipinski definition) is 0. The van der Waals surface area contributed by atoms with Gasteiger partial charge in [-0.15, -0.1) is 0 Å². The molecule has 0 saturated heterocycles. The molecule has 0 fully saturated rings. The number of carboxylic acid groups (broad SMARTS) is 4. The minimum absolute atomic E-state index is 0. The van der Waals surface area contributed by atoms with Crippen molar-refractivity contribution in [2.24, 2.45) is 23.7 Å². The summed E-state index contributed by atoms with van der Waals surface area (Å²) < 4.78 is 0. The van der Waals surface area contributed by atoms with Crippen LogP contribution in [0.1, 0.15) is 158 Å². The number of unbranched alkanes of at least 4 members (excludes halogenated alkanes) is 4. The first kappa shape index (κ1) is 49.3. The first-order valence-corrected chi connectivity index (χ1v) is 15.3. The number of carboxylic acids is 4. The van der Waals surface area contributed by atoms with Gasteiger partial charge in [0.1, 0.15) is 0 Å². The minimum Gasteiger partial charge on any atom is -0.550 e. The SMILES string of the molecule is CC(C)CCCCC(=O)[O-].CC(C)CCCCC(=O)[O-].CC(C)CCCCC(=O)[O-].CC(C)CCCCC(=O)[O-].[Ti+4]. The molecule has 8 nitrogen and oxygen atoms in total. The molecule has 0 aromatic rings. The van der Waals surface area contributed by atoms with Gasteiger partial charge in [0.2, 0.25) is 0 Å². The smallest absolute Gasteiger partial charge is 0.550 e. The summed E-state index contributed by atoms with van der Waals surface area (Å²) in [4.78, 5) is 39.7. The number of carbonyl (C=O) groups is 4. The Morgan fingerprint density at radius 3 is 0.610 bits per heavy atom. The minimum atomic E-state index is -0.927. The van der Waals surface area contributed by atoms with E-state index in [1.165, 1.54) is 0 Å². The zero-order valence-electron chi connectivity index (χ0n) is 27.4. The molecule has 0 amide bonds. The van der Waals surface area contributed by atoms with E-state index in [9.17, 15) is 39.6 Å². The number of carbonyl (C=O) groups excluding carboxylic acids is 4. The molecule has 0 unspecified atom stereocenters. The second-order valence-electron chi connectivity index (χ2n) is 12.0. The largest absolute Gasteiger partial charge is 4.00 e. The van der Waals surface area contributed by atoms with Crippen LogP contribution in [-0.2, 0) is 40.9 Å². The van der Waals surface area contributed by atoms with Gasteiger partial charge in [0, 0.05) is 23.9 Å². The van der Waals surface area contributed by atoms with Crippen LogP contribution in [0, 0.1) is 23.7 Å². The van der Waals surface area contributed by atoms with Gasteiger partial charge < -0.3 is 39.6 Å². The Bertz CT molecular complexity index is 501. The van der Waals surface area contributed by atoms with Crippen LogP contribution in [0.15, 0.2) is 0 Å². The van der Waals surface area contributed by atoms with Gasteiger partial charge in [0.05, 0.1) is 0 Å². The predicted molar refractivity (Wildman–Crippen MR) is 153 cm³/mol. The molecular weight excluding hydrogens is 560 g/mol. The zero-order chi connectivity index (χ0) is 31.9. The Balaban J connectivity index is -0.000000139. The van der Waals surface area contributed by atoms with Crippen molar-refractivity contribution in [3.8, 4) is 0 Å². The fourth-order valence-corrected chi connectivity index (χ4v) is 3.29. The van der Waals surface area contributed by atoms with E-state index in [4.69, 9.17) is 0 Å². The van der Waals surface area contributed by atoms with Gasteiger partial charge in [-0.1, -0.05) is 107 Å². The van der Waals surface area contributed by atoms with Crippen molar-refractivity contribution in [2.75, 3.05) is 0 Å². The summed E-state index contributed by atoms with van der Waals surface area (Å²) >= 11 is 0. The summed E-state index contributed by atoms with van der Waals surface area (Å²) in [6.45, 7) is 17.1. The topological polar surface area (TPSA) is 161 Å². The maximum absolute atomic E-state index is 9.93. The first-order chi connectivity index (χ1) is 18.5. The van der Waals surface area contributed by atoms with E-state index in [0.717, 1.165) is 77.0 Å². The second-order valence-corrected chi connectivity index (χ2v) is 12.0. The number of rotatable bonds is 20. The molecule has 41 heavy (non-hydrogen) atoms. The third-order valence-electron chi connectivity index (χ3n) is 5.65. The molecule has 0 aliphatic carbocycles. The van der Waals surface area contributed by atoms with E-state index in [0.29, 0.717) is 23.7 Å². The van der Waals surface area contributed by atoms with Crippen molar-refractivity contribution in [2.45, 2.75) is 158 Å². The third-order valence-corrected chi connectivity index (χ3v) is 5.65. The molecule has 0 aliphatic rings. The first-order valence-electron chi connectivity index (χ1n) is 15.3. The Hall–Kier alpha value is -1.41. The van der Waals surface area contributed by atoms with Crippen molar-refractivity contribution in [1.29, 1.82) is 0 Å². The van der Waals surface area contributed by atoms with Gasteiger partial charge >= 0.3 is 21.7 Å². The van der Waals surface area contributed by atoms with Gasteiger partial charge in [-0.05, 0) is 75.0 Å². The Labute approximate surface area is 266 Å². The van der Waals surface area contributed by atoms with Crippen molar-refractivity contribution in [3.63, 3.8) is 0 Å². The van der Waals surface area contributed by atoms with E-state index in [1.807, 2.05) is 0 Å². The van der Waals surface area contributed by atoms with Crippen LogP contribution in [0.2, 0.25) is 0 Å². The molecule has 0 spiro atoms. The van der Waals surface area contributed by atoms with Gasteiger partial charge in [0.25, 0.3) is 0 Å². The molecule has 0 aliphatic heterocycles. The summed E-state index contributed by atoms with van der Waals surface area (Å²) in [7, 11) is 0. The standard InChI is InChI=1S/4C8H16O2.Ti/c4*1-7(2)5-3-4-6-8(9)10;/h4*7H,3-6H2,1-2H3,(H,9,10);/q;;;;+4/p-4. The van der Waals surface area contributed by atoms with Crippen molar-refractivity contribution in [3.05, 3.63) is 0 Å². The van der Waals surface area contributed by atoms with Crippen molar-refractivity contribution >= 4 is 23.9 Å². The van der Waals surface area contributed by atoms with E-state index in [-0.39, 0.29) is 47.4 Å². The molecule has 9 heteroatoms. The fraction of sp³-hybridized carbons (Fsp3) is 0.875. The molecule has 240 valence electrons. The van der Waals surface area contributed by atoms with E-state index >= 15 is 0 Å². The van der Waals surface area contributed by atoms with Crippen LogP contribution in [0.4, 0.5) is 0 Å². The summed E-state index contributed by atoms with van der Waals surface area (Å²) in [5.41, 5.74) is 0. The van der Waals surface area contributed by atoms with E-state index in [1.54, 1.807) is 0 Å². The van der Waals surface area contributed by atoms with Crippen molar-refractivity contribution < 1.29 is 61.3 Å². The maximum atomic E-state index is 9.93. The molecule has 0 N–H and O–H groups in total. The Morgan fingerprint density at radius 2 is 0.512 bits per heavy atom. The van der Waals surface area contributed by atoms with Crippen LogP contribution in [0.5, 0.6) is 0 Å². The van der Waals surface area contributed by atoms with Crippen LogP contribution < -0.4 is 20.4 Å². The van der Waals surface area contributed by atoms with Crippen LogP contribution in [0.3, 0.4) is 0 Å². The van der Waals surface area contributed by atoms with Gasteiger partial charge in [-0.2, -0.15) is 0 Å². The van der Waals surface area contributed by atoms with Crippen LogP contribution in [0.25, 0.3) is 0 Å². The predicted octanol–water partition coefficient (Wildman–Crippen LogP) is 3.81. The molecule has 0 aromatic carbocycles. The second kappa shape index (κ2) is 36.6. The van der Waals surface area contributed by atoms with Crippen molar-refractivity contribution in [1.82, 2.24) is 0 Å². The third kappa shape index (κ3) is 73.1. The van der Waals surface area contributed by atoms with Gasteiger partial charge in [0.15, 0.2) is 0 Å². The Morgan fingerprint density at radius 1 is 0.366 bits per heavy atom. The summed E-state index contributed by atoms with van der Waals surface area (Å²) in [6.07, 6.45) is 12.4. The van der Waals surface area contributed by atoms with Gasteiger partial charge in [-0.25, -0.2) is 0 Å². The van der Waals surface area contributed by atoms with E-state index < -0.39 is 23.9 Å². The monoisotopic (exact) mass is 620 g/mol. The Kier molecular flexibility index (Phi) is 44.0.